The maximum Gasteiger partial charge on any atom is -1.00 e. The molecule has 0 saturated carbocycles. The Morgan fingerprint density at radius 1 is 1.08 bits per heavy atom. The van der Waals surface area contributed by atoms with Gasteiger partial charge in [-0.3, -0.25) is 0 Å². The minimum atomic E-state index is 0. The summed E-state index contributed by atoms with van der Waals surface area (Å²) in [7, 11) is 0. The van der Waals surface area contributed by atoms with Gasteiger partial charge in [-0.1, -0.05) is 0 Å². The minimum absolute atomic E-state index is 0. The van der Waals surface area contributed by atoms with E-state index in [0.717, 1.165) is 0 Å². The van der Waals surface area contributed by atoms with E-state index in [0.29, 0.717) is 0 Å². The quantitative estimate of drug-likeness (QED) is 0.388. The average molecular weight is 253 g/mol. The van der Waals surface area contributed by atoms with Crippen molar-refractivity contribution in [3.8, 4) is 0 Å². The molecule has 0 amide bonds. The molecule has 0 fully saturated rings. The Hall–Kier alpha value is 0.514. The molecule has 0 heterocycles. The van der Waals surface area contributed by atoms with Gasteiger partial charge in [0.05, 0.1) is 0 Å². The van der Waals surface area contributed by atoms with Crippen LogP contribution in [-0.2, 0) is 19.2 Å². The average Bonchev–Trinajstić information content (AvgIpc) is 2.07. The molecule has 13 heavy (non-hydrogen) atoms. The fraction of sp³-hybridized carbons (Fsp3) is 0.400. The van der Waals surface area contributed by atoms with Gasteiger partial charge in [0, 0.05) is 0 Å². The number of rotatable bonds is 4. The van der Waals surface area contributed by atoms with E-state index < -0.39 is 0 Å². The van der Waals surface area contributed by atoms with E-state index in [-0.39, 0.29) is 44.0 Å². The summed E-state index contributed by atoms with van der Waals surface area (Å²) in [6, 6.07) is 10.9. The van der Waals surface area contributed by atoms with Gasteiger partial charge in [-0.25, -0.2) is 0 Å². The van der Waals surface area contributed by atoms with E-state index >= 15 is 0 Å². The molecule has 0 nitrogen and oxygen atoms in total. The minimum Gasteiger partial charge on any atom is -1.00 e. The summed E-state index contributed by atoms with van der Waals surface area (Å²) in [6.07, 6.45) is 2.76. The third-order valence-corrected chi connectivity index (χ3v) is 3.73. The Morgan fingerprint density at radius 2 is 1.69 bits per heavy atom. The predicted molar refractivity (Wildman–Crippen MR) is 45.8 cm³/mol. The Balaban J connectivity index is 0. The smallest absolute Gasteiger partial charge is 1.00 e. The summed E-state index contributed by atoms with van der Waals surface area (Å²) >= 11 is 0.194. The van der Waals surface area contributed by atoms with Crippen LogP contribution in [0.4, 0.5) is 0 Å². The van der Waals surface area contributed by atoms with Gasteiger partial charge in [-0.2, -0.15) is 0 Å². The van der Waals surface area contributed by atoms with Crippen LogP contribution in [0.1, 0.15) is 19.8 Å². The summed E-state index contributed by atoms with van der Waals surface area (Å²) in [4.78, 5) is 0. The third-order valence-electron chi connectivity index (χ3n) is 1.63. The molecule has 0 saturated heterocycles. The van der Waals surface area contributed by atoms with Gasteiger partial charge in [0.15, 0.2) is 0 Å². The van der Waals surface area contributed by atoms with Crippen LogP contribution in [0.15, 0.2) is 30.3 Å². The predicted octanol–water partition coefficient (Wildman–Crippen LogP) is -3.38. The van der Waals surface area contributed by atoms with Crippen molar-refractivity contribution in [3.63, 3.8) is 0 Å². The third kappa shape index (κ3) is 7.57. The normalized spacial score (nSPS) is 7.77. The number of hydrogen-bond donors (Lipinski definition) is 0. The first-order valence-electron chi connectivity index (χ1n) is 4.22. The summed E-state index contributed by atoms with van der Waals surface area (Å²) in [6.45, 7) is 2.26. The fourth-order valence-corrected chi connectivity index (χ4v) is 2.91. The zero-order valence-corrected chi connectivity index (χ0v) is 10.8. The first-order chi connectivity index (χ1) is 5.43. The second kappa shape index (κ2) is 10.6. The zero-order chi connectivity index (χ0) is 7.94. The maximum atomic E-state index is 2.26. The van der Waals surface area contributed by atoms with Crippen LogP contribution >= 0.6 is 0 Å². The van der Waals surface area contributed by atoms with Gasteiger partial charge < -0.3 is 24.8 Å². The summed E-state index contributed by atoms with van der Waals surface area (Å²) in [5.41, 5.74) is 0. The molecule has 0 aromatic heterocycles. The molecule has 0 N–H and O–H groups in total. The molecular weight excluding hydrogens is 239 g/mol. The van der Waals surface area contributed by atoms with Gasteiger partial charge >= 0.3 is 77.8 Å². The SMILES string of the molecule is CCC[CH2][Ti+2][c]1ccccc1.[Cl-].[Cl-]. The Kier molecular flexibility index (Phi) is 13.0. The molecule has 0 atom stereocenters. The molecular formula is C10H14Cl2Ti. The van der Waals surface area contributed by atoms with Crippen molar-refractivity contribution in [3.05, 3.63) is 30.3 Å². The second-order valence-electron chi connectivity index (χ2n) is 2.65. The van der Waals surface area contributed by atoms with Gasteiger partial charge in [-0.05, 0) is 0 Å². The van der Waals surface area contributed by atoms with Crippen LogP contribution in [0.2, 0.25) is 4.73 Å². The van der Waals surface area contributed by atoms with E-state index in [9.17, 15) is 0 Å². The van der Waals surface area contributed by atoms with Crippen LogP contribution < -0.4 is 28.7 Å². The number of benzene rings is 1. The number of hydrogen-bond acceptors (Lipinski definition) is 0. The fourth-order valence-electron chi connectivity index (χ4n) is 0.966. The van der Waals surface area contributed by atoms with Crippen LogP contribution in [0.25, 0.3) is 0 Å². The molecule has 0 aliphatic rings. The van der Waals surface area contributed by atoms with Crippen LogP contribution in [0.5, 0.6) is 0 Å². The molecule has 1 aromatic carbocycles. The Labute approximate surface area is 102 Å². The van der Waals surface area contributed by atoms with Crippen molar-refractivity contribution in [2.24, 2.45) is 0 Å². The maximum absolute atomic E-state index is 2.26. The molecule has 0 spiro atoms. The monoisotopic (exact) mass is 252 g/mol. The van der Waals surface area contributed by atoms with Crippen molar-refractivity contribution >= 4 is 3.87 Å². The van der Waals surface area contributed by atoms with Gasteiger partial charge in [-0.15, -0.1) is 0 Å². The molecule has 0 bridgehead atoms. The Bertz CT molecular complexity index is 189. The molecule has 3 heteroatoms. The van der Waals surface area contributed by atoms with Crippen LogP contribution in [0.3, 0.4) is 0 Å². The van der Waals surface area contributed by atoms with E-state index in [2.05, 4.69) is 37.3 Å². The van der Waals surface area contributed by atoms with Gasteiger partial charge in [0.2, 0.25) is 0 Å². The first-order valence-corrected chi connectivity index (χ1v) is 6.11. The van der Waals surface area contributed by atoms with Crippen molar-refractivity contribution in [2.75, 3.05) is 0 Å². The molecule has 1 aromatic rings. The van der Waals surface area contributed by atoms with Crippen molar-refractivity contribution in [1.82, 2.24) is 0 Å². The molecule has 1 rings (SSSR count). The Morgan fingerprint density at radius 3 is 2.23 bits per heavy atom. The molecule has 72 valence electrons. The number of halogens is 2. The molecule has 0 aliphatic carbocycles. The second-order valence-corrected chi connectivity index (χ2v) is 4.88. The van der Waals surface area contributed by atoms with E-state index in [4.69, 9.17) is 0 Å². The number of unbranched alkanes of at least 4 members (excludes halogenated alkanes) is 1. The largest absolute Gasteiger partial charge is 1.00 e. The topological polar surface area (TPSA) is 0 Å². The molecule has 0 radical (unpaired) electrons. The van der Waals surface area contributed by atoms with Gasteiger partial charge in [0.1, 0.15) is 0 Å². The summed E-state index contributed by atoms with van der Waals surface area (Å²) < 4.78 is 3.06. The van der Waals surface area contributed by atoms with E-state index in [1.54, 1.807) is 3.87 Å². The molecule has 0 unspecified atom stereocenters. The van der Waals surface area contributed by atoms with E-state index in [1.165, 1.54) is 17.6 Å². The van der Waals surface area contributed by atoms with Crippen molar-refractivity contribution in [2.45, 2.75) is 24.5 Å². The van der Waals surface area contributed by atoms with Crippen LogP contribution in [-0.4, -0.2) is 0 Å². The standard InChI is InChI=1S/C6H5.C4H9.2ClH.Ti/c1-2-4-6-5-3-1;1-3-4-2;;;/h1-5H;1,3-4H2,2H3;2*1H;/q;;;;+2/p-2. The van der Waals surface area contributed by atoms with Gasteiger partial charge in [0.25, 0.3) is 0 Å². The summed E-state index contributed by atoms with van der Waals surface area (Å²) in [5, 5.41) is 0. The summed E-state index contributed by atoms with van der Waals surface area (Å²) in [5.74, 6) is 0. The van der Waals surface area contributed by atoms with Crippen LogP contribution in [0, 0.1) is 0 Å². The zero-order valence-electron chi connectivity index (χ0n) is 7.76. The molecule has 0 aliphatic heterocycles. The first kappa shape index (κ1) is 16.0. The van der Waals surface area contributed by atoms with Crippen molar-refractivity contribution in [1.29, 1.82) is 0 Å². The van der Waals surface area contributed by atoms with E-state index in [1.807, 2.05) is 0 Å². The van der Waals surface area contributed by atoms with Crippen molar-refractivity contribution < 1.29 is 44.0 Å².